The number of hydrogen-bond acceptors (Lipinski definition) is 8. The summed E-state index contributed by atoms with van der Waals surface area (Å²) in [7, 11) is -4.61. The molecule has 4 rings (SSSR count). The second-order valence-electron chi connectivity index (χ2n) is 7.06. The van der Waals surface area contributed by atoms with E-state index in [-0.39, 0.29) is 11.5 Å². The van der Waals surface area contributed by atoms with Crippen LogP contribution in [0.2, 0.25) is 0 Å². The van der Waals surface area contributed by atoms with E-state index in [2.05, 4.69) is 0 Å². The molecular formula is C24H16N2O8S. The quantitative estimate of drug-likeness (QED) is 0.218. The van der Waals surface area contributed by atoms with E-state index >= 15 is 0 Å². The van der Waals surface area contributed by atoms with Gasteiger partial charge in [-0.1, -0.05) is 48.5 Å². The van der Waals surface area contributed by atoms with Crippen LogP contribution >= 0.6 is 0 Å². The van der Waals surface area contributed by atoms with Crippen LogP contribution in [0.25, 0.3) is 0 Å². The molecule has 4 aromatic carbocycles. The number of ether oxygens (including phenoxy) is 2. The van der Waals surface area contributed by atoms with Gasteiger partial charge in [0.1, 0.15) is 21.3 Å². The van der Waals surface area contributed by atoms with E-state index in [1.165, 1.54) is 36.4 Å². The van der Waals surface area contributed by atoms with Crippen molar-refractivity contribution >= 4 is 21.2 Å². The summed E-state index contributed by atoms with van der Waals surface area (Å²) in [6.07, 6.45) is 0. The van der Waals surface area contributed by atoms with Crippen LogP contribution in [0.1, 0.15) is 0 Å². The highest BCUT2D eigenvalue weighted by atomic mass is 32.2. The summed E-state index contributed by atoms with van der Waals surface area (Å²) in [5.74, 6) is -0.724. The maximum absolute atomic E-state index is 13.8. The molecule has 0 aliphatic carbocycles. The van der Waals surface area contributed by atoms with E-state index in [4.69, 9.17) is 9.47 Å². The molecule has 0 aliphatic rings. The van der Waals surface area contributed by atoms with Crippen LogP contribution in [-0.4, -0.2) is 18.3 Å². The van der Waals surface area contributed by atoms with Crippen LogP contribution in [0, 0.1) is 20.2 Å². The second-order valence-corrected chi connectivity index (χ2v) is 8.94. The Kier molecular flexibility index (Phi) is 6.42. The predicted octanol–water partition coefficient (Wildman–Crippen LogP) is 5.92. The average Bonchev–Trinajstić information content (AvgIpc) is 2.85. The van der Waals surface area contributed by atoms with Gasteiger partial charge < -0.3 is 9.47 Å². The molecule has 0 heterocycles. The molecule has 0 atom stereocenters. The van der Waals surface area contributed by atoms with Crippen molar-refractivity contribution in [1.82, 2.24) is 0 Å². The van der Waals surface area contributed by atoms with Gasteiger partial charge in [-0.3, -0.25) is 20.2 Å². The monoisotopic (exact) mass is 492 g/mol. The number of nitro benzene ring substituents is 2. The third-order valence-corrected chi connectivity index (χ3v) is 6.62. The number of nitro groups is 2. The third-order valence-electron chi connectivity index (χ3n) is 4.81. The van der Waals surface area contributed by atoms with Crippen molar-refractivity contribution in [2.24, 2.45) is 0 Å². The van der Waals surface area contributed by atoms with Gasteiger partial charge in [-0.2, -0.15) is 0 Å². The predicted molar refractivity (Wildman–Crippen MR) is 125 cm³/mol. The Morgan fingerprint density at radius 3 is 1.26 bits per heavy atom. The molecule has 0 radical (unpaired) electrons. The fourth-order valence-corrected chi connectivity index (χ4v) is 4.79. The van der Waals surface area contributed by atoms with Crippen molar-refractivity contribution in [2.45, 2.75) is 9.79 Å². The van der Waals surface area contributed by atoms with Gasteiger partial charge in [0, 0.05) is 12.1 Å². The summed E-state index contributed by atoms with van der Waals surface area (Å²) in [6, 6.07) is 22.7. The topological polar surface area (TPSA) is 139 Å². The Hall–Kier alpha value is -4.77. The lowest BCUT2D eigenvalue weighted by Gasteiger charge is -2.15. The lowest BCUT2D eigenvalue weighted by Crippen LogP contribution is -2.08. The zero-order chi connectivity index (χ0) is 25.0. The molecule has 0 bridgehead atoms. The average molecular weight is 492 g/mol. The molecule has 0 saturated heterocycles. The Labute approximate surface area is 199 Å². The standard InChI is InChI=1S/C24H16N2O8S/c27-25(28)19-13-7-15-21(23(19)33-17-9-3-1-4-10-17)35(31,32)22-16-8-14-20(26(29)30)24(22)34-18-11-5-2-6-12-18/h1-16H. The normalized spacial score (nSPS) is 11.0. The Bertz CT molecular complexity index is 1400. The summed E-state index contributed by atoms with van der Waals surface area (Å²) in [4.78, 5) is 20.8. The van der Waals surface area contributed by atoms with E-state index in [0.717, 1.165) is 24.3 Å². The molecule has 0 N–H and O–H groups in total. The molecule has 35 heavy (non-hydrogen) atoms. The van der Waals surface area contributed by atoms with E-state index < -0.39 is 52.3 Å². The number of hydrogen-bond donors (Lipinski definition) is 0. The molecule has 10 nitrogen and oxygen atoms in total. The molecule has 0 aliphatic heterocycles. The van der Waals surface area contributed by atoms with Gasteiger partial charge >= 0.3 is 11.4 Å². The minimum atomic E-state index is -4.61. The molecular weight excluding hydrogens is 476 g/mol. The van der Waals surface area contributed by atoms with Crippen LogP contribution in [0.15, 0.2) is 107 Å². The fraction of sp³-hybridized carbons (Fsp3) is 0. The molecule has 0 saturated carbocycles. The molecule has 0 amide bonds. The number of para-hydroxylation sites is 4. The smallest absolute Gasteiger partial charge is 0.312 e. The minimum absolute atomic E-state index is 0.165. The fourth-order valence-electron chi connectivity index (χ4n) is 3.26. The molecule has 0 fully saturated rings. The summed E-state index contributed by atoms with van der Waals surface area (Å²) >= 11 is 0. The number of nitrogens with zero attached hydrogens (tertiary/aromatic N) is 2. The van der Waals surface area contributed by atoms with Gasteiger partial charge in [0.05, 0.1) is 9.85 Å². The Balaban J connectivity index is 1.94. The Morgan fingerprint density at radius 1 is 0.543 bits per heavy atom. The lowest BCUT2D eigenvalue weighted by molar-refractivity contribution is -0.385. The Morgan fingerprint density at radius 2 is 0.914 bits per heavy atom. The molecule has 11 heteroatoms. The SMILES string of the molecule is O=[N+]([O-])c1cccc(S(=O)(=O)c2cccc([N+](=O)[O-])c2Oc2ccccc2)c1Oc1ccccc1. The molecule has 176 valence electrons. The van der Waals surface area contributed by atoms with Gasteiger partial charge in [-0.05, 0) is 36.4 Å². The maximum atomic E-state index is 13.8. The van der Waals surface area contributed by atoms with Gasteiger partial charge in [0.15, 0.2) is 0 Å². The van der Waals surface area contributed by atoms with Crippen molar-refractivity contribution in [3.05, 3.63) is 117 Å². The molecule has 4 aromatic rings. The zero-order valence-electron chi connectivity index (χ0n) is 17.8. The van der Waals surface area contributed by atoms with Gasteiger partial charge in [0.2, 0.25) is 21.3 Å². The first-order valence-corrected chi connectivity index (χ1v) is 11.5. The van der Waals surface area contributed by atoms with Gasteiger partial charge in [-0.15, -0.1) is 0 Å². The van der Waals surface area contributed by atoms with Crippen LogP contribution in [0.3, 0.4) is 0 Å². The first kappa shape index (κ1) is 23.4. The van der Waals surface area contributed by atoms with E-state index in [1.54, 1.807) is 36.4 Å². The number of rotatable bonds is 8. The molecule has 0 aromatic heterocycles. The largest absolute Gasteiger partial charge is 0.449 e. The highest BCUT2D eigenvalue weighted by Gasteiger charge is 2.34. The highest BCUT2D eigenvalue weighted by Crippen LogP contribution is 2.44. The van der Waals surface area contributed by atoms with Crippen LogP contribution in [0.5, 0.6) is 23.0 Å². The summed E-state index contributed by atoms with van der Waals surface area (Å²) in [5, 5.41) is 23.4. The zero-order valence-corrected chi connectivity index (χ0v) is 18.6. The number of benzene rings is 4. The van der Waals surface area contributed by atoms with Gasteiger partial charge in [-0.25, -0.2) is 8.42 Å². The van der Waals surface area contributed by atoms with Crippen molar-refractivity contribution in [3.63, 3.8) is 0 Å². The van der Waals surface area contributed by atoms with E-state index in [9.17, 15) is 28.6 Å². The van der Waals surface area contributed by atoms with Crippen LogP contribution in [-0.2, 0) is 9.84 Å². The number of sulfone groups is 1. The van der Waals surface area contributed by atoms with E-state index in [1.807, 2.05) is 0 Å². The van der Waals surface area contributed by atoms with Crippen LogP contribution in [0.4, 0.5) is 11.4 Å². The third kappa shape index (κ3) is 4.80. The second kappa shape index (κ2) is 9.61. The summed E-state index contributed by atoms with van der Waals surface area (Å²) in [6.45, 7) is 0. The highest BCUT2D eigenvalue weighted by molar-refractivity contribution is 7.91. The van der Waals surface area contributed by atoms with Crippen molar-refractivity contribution < 1.29 is 27.7 Å². The summed E-state index contributed by atoms with van der Waals surface area (Å²) in [5.41, 5.74) is -1.18. The first-order valence-electron chi connectivity index (χ1n) is 10.0. The molecule has 0 spiro atoms. The summed E-state index contributed by atoms with van der Waals surface area (Å²) < 4.78 is 38.9. The first-order chi connectivity index (χ1) is 16.8. The van der Waals surface area contributed by atoms with Crippen molar-refractivity contribution in [3.8, 4) is 23.0 Å². The maximum Gasteiger partial charge on any atom is 0.312 e. The van der Waals surface area contributed by atoms with E-state index in [0.29, 0.717) is 0 Å². The molecule has 0 unspecified atom stereocenters. The van der Waals surface area contributed by atoms with Crippen molar-refractivity contribution in [2.75, 3.05) is 0 Å². The minimum Gasteiger partial charge on any atom is -0.449 e. The lowest BCUT2D eigenvalue weighted by atomic mass is 10.3. The van der Waals surface area contributed by atoms with Crippen molar-refractivity contribution in [1.29, 1.82) is 0 Å². The van der Waals surface area contributed by atoms with Crippen LogP contribution < -0.4 is 9.47 Å². The van der Waals surface area contributed by atoms with Gasteiger partial charge in [0.25, 0.3) is 0 Å².